The Bertz CT molecular complexity index is 655. The van der Waals surface area contributed by atoms with E-state index in [1.807, 2.05) is 0 Å². The largest absolute Gasteiger partial charge is 0.319 e. The zero-order valence-corrected chi connectivity index (χ0v) is 12.6. The van der Waals surface area contributed by atoms with Gasteiger partial charge in [0.15, 0.2) is 5.69 Å². The van der Waals surface area contributed by atoms with Gasteiger partial charge in [-0.15, -0.1) is 5.10 Å². The molecule has 3 rings (SSSR count). The monoisotopic (exact) mass is 355 g/mol. The third kappa shape index (κ3) is 2.70. The van der Waals surface area contributed by atoms with Crippen LogP contribution in [0.1, 0.15) is 16.5 Å². The van der Waals surface area contributed by atoms with Gasteiger partial charge >= 0.3 is 0 Å². The van der Waals surface area contributed by atoms with Crippen molar-refractivity contribution >= 4 is 39.1 Å². The molecule has 0 atom stereocenters. The highest BCUT2D eigenvalue weighted by Crippen LogP contribution is 2.26. The number of benzene rings is 1. The Morgan fingerprint density at radius 2 is 2.30 bits per heavy atom. The Balaban J connectivity index is 1.73. The first-order chi connectivity index (χ1) is 9.63. The van der Waals surface area contributed by atoms with Crippen LogP contribution in [0.15, 0.2) is 28.9 Å². The number of hydrogen-bond donors (Lipinski definition) is 2. The van der Waals surface area contributed by atoms with Gasteiger partial charge in [0.1, 0.15) is 0 Å². The van der Waals surface area contributed by atoms with E-state index in [1.54, 1.807) is 29.1 Å². The molecule has 1 aliphatic heterocycles. The van der Waals surface area contributed by atoms with E-state index in [9.17, 15) is 4.79 Å². The summed E-state index contributed by atoms with van der Waals surface area (Å²) in [5, 5.41) is 14.4. The van der Waals surface area contributed by atoms with Gasteiger partial charge in [-0.3, -0.25) is 4.79 Å². The van der Waals surface area contributed by atoms with Gasteiger partial charge in [0.05, 0.1) is 17.9 Å². The molecule has 1 aromatic heterocycles. The number of rotatable bonds is 3. The van der Waals surface area contributed by atoms with Crippen LogP contribution in [-0.2, 0) is 0 Å². The van der Waals surface area contributed by atoms with Gasteiger partial charge in [-0.1, -0.05) is 16.8 Å². The maximum Gasteiger partial charge on any atom is 0.277 e. The summed E-state index contributed by atoms with van der Waals surface area (Å²) in [5.41, 5.74) is 0.929. The molecule has 2 aromatic rings. The SMILES string of the molecule is O=C(Nc1ccc(Cl)cc1Br)c1cn(C2CNC2)nn1. The van der Waals surface area contributed by atoms with Crippen molar-refractivity contribution in [2.75, 3.05) is 18.4 Å². The standard InChI is InChI=1S/C12H11BrClN5O/c13-9-3-7(14)1-2-10(9)16-12(20)11-6-19(18-17-11)8-4-15-5-8/h1-3,6,8,15H,4-5H2,(H,16,20). The molecule has 1 amide bonds. The van der Waals surface area contributed by atoms with Crippen molar-refractivity contribution in [1.29, 1.82) is 0 Å². The molecular weight excluding hydrogens is 346 g/mol. The smallest absolute Gasteiger partial charge is 0.277 e. The lowest BCUT2D eigenvalue weighted by Crippen LogP contribution is -2.43. The van der Waals surface area contributed by atoms with Gasteiger partial charge in [-0.25, -0.2) is 4.68 Å². The van der Waals surface area contributed by atoms with E-state index < -0.39 is 0 Å². The molecule has 0 radical (unpaired) electrons. The van der Waals surface area contributed by atoms with Crippen LogP contribution in [0.3, 0.4) is 0 Å². The number of nitrogens with zero attached hydrogens (tertiary/aromatic N) is 3. The van der Waals surface area contributed by atoms with Crippen molar-refractivity contribution in [3.8, 4) is 0 Å². The first-order valence-electron chi connectivity index (χ1n) is 6.02. The van der Waals surface area contributed by atoms with Crippen LogP contribution in [0.4, 0.5) is 5.69 Å². The molecule has 0 bridgehead atoms. The Morgan fingerprint density at radius 1 is 1.50 bits per heavy atom. The number of aromatic nitrogens is 3. The molecule has 20 heavy (non-hydrogen) atoms. The van der Waals surface area contributed by atoms with Crippen LogP contribution in [0, 0.1) is 0 Å². The minimum absolute atomic E-state index is 0.284. The number of halogens is 2. The third-order valence-electron chi connectivity index (χ3n) is 3.06. The summed E-state index contributed by atoms with van der Waals surface area (Å²) in [6.45, 7) is 1.71. The van der Waals surface area contributed by atoms with E-state index in [4.69, 9.17) is 11.6 Å². The van der Waals surface area contributed by atoms with E-state index in [1.165, 1.54) is 0 Å². The average molecular weight is 357 g/mol. The molecule has 8 heteroatoms. The summed E-state index contributed by atoms with van der Waals surface area (Å²) in [5.74, 6) is -0.299. The summed E-state index contributed by atoms with van der Waals surface area (Å²) in [7, 11) is 0. The highest BCUT2D eigenvalue weighted by atomic mass is 79.9. The molecule has 2 heterocycles. The van der Waals surface area contributed by atoms with E-state index in [0.29, 0.717) is 20.9 Å². The van der Waals surface area contributed by atoms with Gasteiger partial charge < -0.3 is 10.6 Å². The number of carbonyl (C=O) groups is 1. The first-order valence-corrected chi connectivity index (χ1v) is 7.19. The Kier molecular flexibility index (Phi) is 3.73. The fourth-order valence-corrected chi connectivity index (χ4v) is 2.58. The number of nitrogens with one attached hydrogen (secondary N) is 2. The predicted molar refractivity (Wildman–Crippen MR) is 79.0 cm³/mol. The fourth-order valence-electron chi connectivity index (χ4n) is 1.80. The van der Waals surface area contributed by atoms with Crippen LogP contribution in [0.5, 0.6) is 0 Å². The molecule has 0 saturated carbocycles. The second-order valence-electron chi connectivity index (χ2n) is 4.47. The Hall–Kier alpha value is -1.44. The van der Waals surface area contributed by atoms with Crippen molar-refractivity contribution in [2.24, 2.45) is 0 Å². The van der Waals surface area contributed by atoms with Crippen LogP contribution in [-0.4, -0.2) is 34.0 Å². The summed E-state index contributed by atoms with van der Waals surface area (Å²) >= 11 is 9.20. The Labute approximate surface area is 128 Å². The van der Waals surface area contributed by atoms with Gasteiger partial charge in [0.2, 0.25) is 0 Å². The van der Waals surface area contributed by atoms with E-state index >= 15 is 0 Å². The fraction of sp³-hybridized carbons (Fsp3) is 0.250. The molecule has 1 saturated heterocycles. The number of anilines is 1. The highest BCUT2D eigenvalue weighted by molar-refractivity contribution is 9.10. The maximum atomic E-state index is 12.1. The highest BCUT2D eigenvalue weighted by Gasteiger charge is 2.21. The Morgan fingerprint density at radius 3 is 2.95 bits per heavy atom. The molecule has 0 aliphatic carbocycles. The number of amides is 1. The average Bonchev–Trinajstić information content (AvgIpc) is 2.80. The minimum Gasteiger partial charge on any atom is -0.319 e. The van der Waals surface area contributed by atoms with E-state index in [-0.39, 0.29) is 11.9 Å². The molecular formula is C12H11BrClN5O. The zero-order valence-electron chi connectivity index (χ0n) is 10.3. The van der Waals surface area contributed by atoms with Crippen molar-refractivity contribution in [2.45, 2.75) is 6.04 Å². The topological polar surface area (TPSA) is 71.8 Å². The van der Waals surface area contributed by atoms with Crippen molar-refractivity contribution in [1.82, 2.24) is 20.3 Å². The summed E-state index contributed by atoms with van der Waals surface area (Å²) in [4.78, 5) is 12.1. The molecule has 0 spiro atoms. The summed E-state index contributed by atoms with van der Waals surface area (Å²) in [6, 6.07) is 5.43. The lowest BCUT2D eigenvalue weighted by Gasteiger charge is -2.26. The second-order valence-corrected chi connectivity index (χ2v) is 5.76. The van der Waals surface area contributed by atoms with Crippen molar-refractivity contribution < 1.29 is 4.79 Å². The minimum atomic E-state index is -0.299. The summed E-state index contributed by atoms with van der Waals surface area (Å²) in [6.07, 6.45) is 1.66. The first kappa shape index (κ1) is 13.5. The van der Waals surface area contributed by atoms with Crippen molar-refractivity contribution in [3.05, 3.63) is 39.6 Å². The van der Waals surface area contributed by atoms with Gasteiger partial charge in [-0.2, -0.15) is 0 Å². The van der Waals surface area contributed by atoms with Crippen LogP contribution in [0.2, 0.25) is 5.02 Å². The van der Waals surface area contributed by atoms with Gasteiger partial charge in [0.25, 0.3) is 5.91 Å². The molecule has 0 unspecified atom stereocenters. The van der Waals surface area contributed by atoms with Gasteiger partial charge in [-0.05, 0) is 34.1 Å². The molecule has 1 aliphatic rings. The third-order valence-corrected chi connectivity index (χ3v) is 3.95. The molecule has 1 fully saturated rings. The van der Waals surface area contributed by atoms with Crippen LogP contribution < -0.4 is 10.6 Å². The van der Waals surface area contributed by atoms with E-state index in [0.717, 1.165) is 13.1 Å². The quantitative estimate of drug-likeness (QED) is 0.883. The van der Waals surface area contributed by atoms with Crippen LogP contribution in [0.25, 0.3) is 0 Å². The zero-order chi connectivity index (χ0) is 14.1. The number of carbonyl (C=O) groups excluding carboxylic acids is 1. The second kappa shape index (κ2) is 5.51. The van der Waals surface area contributed by atoms with Gasteiger partial charge in [0, 0.05) is 22.6 Å². The van der Waals surface area contributed by atoms with Crippen LogP contribution >= 0.6 is 27.5 Å². The lowest BCUT2D eigenvalue weighted by atomic mass is 10.2. The molecule has 2 N–H and O–H groups in total. The van der Waals surface area contributed by atoms with E-state index in [2.05, 4.69) is 36.9 Å². The van der Waals surface area contributed by atoms with Crippen molar-refractivity contribution in [3.63, 3.8) is 0 Å². The number of hydrogen-bond acceptors (Lipinski definition) is 4. The predicted octanol–water partition coefficient (Wildman–Crippen LogP) is 2.09. The maximum absolute atomic E-state index is 12.1. The normalized spacial score (nSPS) is 14.9. The lowest BCUT2D eigenvalue weighted by molar-refractivity contribution is 0.102. The molecule has 6 nitrogen and oxygen atoms in total. The molecule has 1 aromatic carbocycles. The summed E-state index contributed by atoms with van der Waals surface area (Å²) < 4.78 is 2.43. The molecule has 104 valence electrons.